The summed E-state index contributed by atoms with van der Waals surface area (Å²) in [5.74, 6) is 2.04. The zero-order valence-electron chi connectivity index (χ0n) is 10.6. The number of halogens is 1. The number of benzene rings is 2. The molecule has 0 atom stereocenters. The van der Waals surface area contributed by atoms with E-state index in [0.29, 0.717) is 47.3 Å². The van der Waals surface area contributed by atoms with Gasteiger partial charge >= 0.3 is 0 Å². The molecule has 0 aliphatic carbocycles. The lowest BCUT2D eigenvalue weighted by Gasteiger charge is -2.23. The van der Waals surface area contributed by atoms with E-state index in [9.17, 15) is 10.2 Å². The molecule has 1 aliphatic rings. The number of para-hydroxylation sites is 2. The molecule has 0 bridgehead atoms. The molecule has 0 unspecified atom stereocenters. The summed E-state index contributed by atoms with van der Waals surface area (Å²) in [6.07, 6.45) is 1.16. The van der Waals surface area contributed by atoms with Crippen LogP contribution in [0.5, 0.6) is 34.5 Å². The van der Waals surface area contributed by atoms with Gasteiger partial charge in [0.15, 0.2) is 34.5 Å². The largest absolute Gasteiger partial charge is 0.504 e. The van der Waals surface area contributed by atoms with Crippen molar-refractivity contribution in [1.29, 1.82) is 0 Å². The normalized spacial score (nSPS) is 12.1. The van der Waals surface area contributed by atoms with Gasteiger partial charge in [-0.2, -0.15) is 0 Å². The van der Waals surface area contributed by atoms with E-state index < -0.39 is 0 Å². The SMILES string of the molecule is Oc1cc2c(c(CCCCl)c1O)Oc1ccccc1O2. The van der Waals surface area contributed by atoms with Crippen molar-refractivity contribution in [3.05, 3.63) is 35.9 Å². The lowest BCUT2D eigenvalue weighted by atomic mass is 10.1. The highest BCUT2D eigenvalue weighted by molar-refractivity contribution is 6.17. The molecular weight excluding hydrogens is 280 g/mol. The van der Waals surface area contributed by atoms with Crippen LogP contribution in [-0.4, -0.2) is 16.1 Å². The smallest absolute Gasteiger partial charge is 0.177 e. The van der Waals surface area contributed by atoms with Crippen LogP contribution in [0, 0.1) is 0 Å². The summed E-state index contributed by atoms with van der Waals surface area (Å²) in [5, 5.41) is 19.8. The summed E-state index contributed by atoms with van der Waals surface area (Å²) in [7, 11) is 0. The second-order valence-corrected chi connectivity index (χ2v) is 4.87. The van der Waals surface area contributed by atoms with Gasteiger partial charge in [-0.1, -0.05) is 12.1 Å². The maximum Gasteiger partial charge on any atom is 0.177 e. The van der Waals surface area contributed by atoms with Crippen molar-refractivity contribution < 1.29 is 19.7 Å². The third kappa shape index (κ3) is 2.12. The van der Waals surface area contributed by atoms with Gasteiger partial charge in [0.2, 0.25) is 0 Å². The number of aromatic hydroxyl groups is 2. The Balaban J connectivity index is 2.08. The van der Waals surface area contributed by atoms with Gasteiger partial charge < -0.3 is 19.7 Å². The molecule has 2 aromatic rings. The van der Waals surface area contributed by atoms with Crippen LogP contribution >= 0.6 is 11.6 Å². The molecule has 2 aromatic carbocycles. The van der Waals surface area contributed by atoms with Crippen LogP contribution in [-0.2, 0) is 6.42 Å². The zero-order valence-corrected chi connectivity index (χ0v) is 11.4. The van der Waals surface area contributed by atoms with Crippen molar-refractivity contribution in [1.82, 2.24) is 0 Å². The molecule has 4 nitrogen and oxygen atoms in total. The number of fused-ring (bicyclic) bond motifs is 2. The van der Waals surface area contributed by atoms with E-state index in [2.05, 4.69) is 0 Å². The summed E-state index contributed by atoms with van der Waals surface area (Å²) >= 11 is 5.69. The number of ether oxygens (including phenoxy) is 2. The van der Waals surface area contributed by atoms with Crippen molar-refractivity contribution >= 4 is 11.6 Å². The van der Waals surface area contributed by atoms with Crippen molar-refractivity contribution in [2.24, 2.45) is 0 Å². The molecule has 0 aromatic heterocycles. The predicted molar refractivity (Wildman–Crippen MR) is 75.4 cm³/mol. The highest BCUT2D eigenvalue weighted by atomic mass is 35.5. The van der Waals surface area contributed by atoms with Crippen molar-refractivity contribution in [3.8, 4) is 34.5 Å². The fraction of sp³-hybridized carbons (Fsp3) is 0.200. The summed E-state index contributed by atoms with van der Waals surface area (Å²) in [4.78, 5) is 0. The quantitative estimate of drug-likeness (QED) is 0.562. The molecule has 1 aliphatic heterocycles. The van der Waals surface area contributed by atoms with Crippen LogP contribution in [0.25, 0.3) is 0 Å². The van der Waals surface area contributed by atoms with Crippen molar-refractivity contribution in [2.45, 2.75) is 12.8 Å². The van der Waals surface area contributed by atoms with E-state index in [4.69, 9.17) is 21.1 Å². The summed E-state index contributed by atoms with van der Waals surface area (Å²) < 4.78 is 11.5. The van der Waals surface area contributed by atoms with Crippen LogP contribution in [0.1, 0.15) is 12.0 Å². The Morgan fingerprint density at radius 3 is 2.40 bits per heavy atom. The minimum absolute atomic E-state index is 0.183. The lowest BCUT2D eigenvalue weighted by molar-refractivity contribution is 0.340. The van der Waals surface area contributed by atoms with Gasteiger partial charge in [0.05, 0.1) is 0 Å². The average Bonchev–Trinajstić information content (AvgIpc) is 2.46. The first kappa shape index (κ1) is 12.9. The van der Waals surface area contributed by atoms with E-state index in [1.807, 2.05) is 12.1 Å². The van der Waals surface area contributed by atoms with Gasteiger partial charge in [0, 0.05) is 17.5 Å². The van der Waals surface area contributed by atoms with E-state index in [0.717, 1.165) is 0 Å². The first-order chi connectivity index (χ1) is 9.70. The van der Waals surface area contributed by atoms with Gasteiger partial charge in [-0.15, -0.1) is 11.6 Å². The molecule has 104 valence electrons. The van der Waals surface area contributed by atoms with E-state index in [-0.39, 0.29) is 11.5 Å². The predicted octanol–water partition coefficient (Wildman–Crippen LogP) is 4.17. The van der Waals surface area contributed by atoms with Crippen LogP contribution < -0.4 is 9.47 Å². The number of phenols is 2. The number of alkyl halides is 1. The monoisotopic (exact) mass is 292 g/mol. The van der Waals surface area contributed by atoms with Crippen LogP contribution in [0.4, 0.5) is 0 Å². The minimum atomic E-state index is -0.226. The Morgan fingerprint density at radius 2 is 1.70 bits per heavy atom. The number of hydrogen-bond donors (Lipinski definition) is 2. The highest BCUT2D eigenvalue weighted by Crippen LogP contribution is 2.52. The number of phenolic OH excluding ortho intramolecular Hbond substituents is 2. The summed E-state index contributed by atoms with van der Waals surface area (Å²) in [6, 6.07) is 8.59. The minimum Gasteiger partial charge on any atom is -0.504 e. The molecule has 3 rings (SSSR count). The van der Waals surface area contributed by atoms with Crippen molar-refractivity contribution in [2.75, 3.05) is 5.88 Å². The van der Waals surface area contributed by atoms with E-state index in [1.54, 1.807) is 12.1 Å². The Kier molecular flexibility index (Phi) is 3.32. The van der Waals surface area contributed by atoms with Crippen LogP contribution in [0.15, 0.2) is 30.3 Å². The molecule has 20 heavy (non-hydrogen) atoms. The molecule has 0 amide bonds. The fourth-order valence-electron chi connectivity index (χ4n) is 2.18. The number of hydrogen-bond acceptors (Lipinski definition) is 4. The topological polar surface area (TPSA) is 58.9 Å². The fourth-order valence-corrected chi connectivity index (χ4v) is 2.31. The molecule has 0 spiro atoms. The van der Waals surface area contributed by atoms with Crippen molar-refractivity contribution in [3.63, 3.8) is 0 Å². The second-order valence-electron chi connectivity index (χ2n) is 4.49. The molecule has 2 N–H and O–H groups in total. The lowest BCUT2D eigenvalue weighted by Crippen LogP contribution is -2.02. The van der Waals surface area contributed by atoms with E-state index in [1.165, 1.54) is 6.07 Å². The third-order valence-corrected chi connectivity index (χ3v) is 3.40. The Morgan fingerprint density at radius 1 is 1.00 bits per heavy atom. The van der Waals surface area contributed by atoms with Gasteiger partial charge in [-0.05, 0) is 25.0 Å². The van der Waals surface area contributed by atoms with Gasteiger partial charge in [0.1, 0.15) is 0 Å². The van der Waals surface area contributed by atoms with Gasteiger partial charge in [0.25, 0.3) is 0 Å². The molecule has 5 heteroatoms. The Bertz CT molecular complexity index is 655. The van der Waals surface area contributed by atoms with Gasteiger partial charge in [-0.3, -0.25) is 0 Å². The Hall–Kier alpha value is -2.07. The third-order valence-electron chi connectivity index (χ3n) is 3.14. The highest BCUT2D eigenvalue weighted by Gasteiger charge is 2.25. The standard InChI is InChI=1S/C15H13ClO4/c16-7-3-4-9-14(18)10(17)8-13-15(9)20-12-6-2-1-5-11(12)19-13/h1-2,5-6,8,17-18H,3-4,7H2. The second kappa shape index (κ2) is 5.13. The summed E-state index contributed by atoms with van der Waals surface area (Å²) in [5.41, 5.74) is 0.509. The first-order valence-corrected chi connectivity index (χ1v) is 6.82. The van der Waals surface area contributed by atoms with Crippen LogP contribution in [0.3, 0.4) is 0 Å². The molecule has 1 heterocycles. The molecule has 0 radical (unpaired) electrons. The van der Waals surface area contributed by atoms with Gasteiger partial charge in [-0.25, -0.2) is 0 Å². The number of rotatable bonds is 3. The summed E-state index contributed by atoms with van der Waals surface area (Å²) in [6.45, 7) is 0. The zero-order chi connectivity index (χ0) is 14.1. The maximum atomic E-state index is 10.00. The molecule has 0 saturated carbocycles. The molecule has 0 fully saturated rings. The van der Waals surface area contributed by atoms with Crippen LogP contribution in [0.2, 0.25) is 0 Å². The molecular formula is C15H13ClO4. The maximum absolute atomic E-state index is 10.00. The van der Waals surface area contributed by atoms with E-state index >= 15 is 0 Å². The Labute approximate surface area is 121 Å². The first-order valence-electron chi connectivity index (χ1n) is 6.29. The average molecular weight is 293 g/mol. The molecule has 0 saturated heterocycles.